The Balaban J connectivity index is 1.45. The molecule has 1 heterocycles. The Kier molecular flexibility index (Phi) is 6.18. The molecule has 2 aromatic carbocycles. The molecule has 10 heteroatoms. The third-order valence-corrected chi connectivity index (χ3v) is 3.92. The van der Waals surface area contributed by atoms with Gasteiger partial charge in [0.2, 0.25) is 17.6 Å². The first kappa shape index (κ1) is 19.3. The van der Waals surface area contributed by atoms with Gasteiger partial charge in [0.15, 0.2) is 0 Å². The molecule has 3 rings (SSSR count). The van der Waals surface area contributed by atoms with E-state index in [1.54, 1.807) is 48.5 Å². The molecule has 0 saturated carbocycles. The number of nitrogens with zero attached hydrogens (tertiary/aromatic N) is 4. The topological polar surface area (TPSA) is 125 Å². The summed E-state index contributed by atoms with van der Waals surface area (Å²) in [4.78, 5) is 24.2. The van der Waals surface area contributed by atoms with Crippen LogP contribution in [0.25, 0.3) is 11.4 Å². The third-order valence-electron chi connectivity index (χ3n) is 3.67. The number of primary amides is 1. The molecule has 0 aliphatic rings. The van der Waals surface area contributed by atoms with E-state index in [1.165, 1.54) is 4.80 Å². The zero-order chi connectivity index (χ0) is 19.9. The molecule has 28 heavy (non-hydrogen) atoms. The normalized spacial score (nSPS) is 10.5. The minimum Gasteiger partial charge on any atom is -0.492 e. The average molecular weight is 401 g/mol. The molecule has 0 radical (unpaired) electrons. The van der Waals surface area contributed by atoms with Crippen molar-refractivity contribution in [2.45, 2.75) is 6.54 Å². The van der Waals surface area contributed by atoms with Gasteiger partial charge in [0.05, 0.1) is 6.54 Å². The predicted molar refractivity (Wildman–Crippen MR) is 102 cm³/mol. The number of rotatable bonds is 8. The van der Waals surface area contributed by atoms with Gasteiger partial charge in [0.25, 0.3) is 0 Å². The second-order valence-corrected chi connectivity index (χ2v) is 6.17. The zero-order valence-electron chi connectivity index (χ0n) is 14.7. The molecule has 9 nitrogen and oxygen atoms in total. The van der Waals surface area contributed by atoms with Crippen molar-refractivity contribution < 1.29 is 14.3 Å². The van der Waals surface area contributed by atoms with Crippen LogP contribution in [0, 0.1) is 0 Å². The lowest BCUT2D eigenvalue weighted by Gasteiger charge is -2.07. The molecule has 0 aliphatic heterocycles. The third kappa shape index (κ3) is 5.27. The number of aromatic nitrogens is 4. The quantitative estimate of drug-likeness (QED) is 0.549. The van der Waals surface area contributed by atoms with Crippen molar-refractivity contribution in [2.24, 2.45) is 5.73 Å². The van der Waals surface area contributed by atoms with Crippen LogP contribution in [0.3, 0.4) is 0 Å². The molecule has 2 amide bonds. The first-order chi connectivity index (χ1) is 13.5. The standard InChI is InChI=1S/C18H17ClN6O3/c19-14-5-7-15(8-6-14)28-10-9-21-16(26)11-25-23-18(22-24-25)13-3-1-12(2-4-13)17(20)27/h1-8H,9-11H2,(H2,20,27)(H,21,26). The van der Waals surface area contributed by atoms with Gasteiger partial charge in [-0.25, -0.2) is 0 Å². The smallest absolute Gasteiger partial charge is 0.248 e. The molecule has 0 unspecified atom stereocenters. The van der Waals surface area contributed by atoms with Crippen LogP contribution in [0.4, 0.5) is 0 Å². The Morgan fingerprint density at radius 1 is 1.11 bits per heavy atom. The molecular weight excluding hydrogens is 384 g/mol. The van der Waals surface area contributed by atoms with Crippen molar-refractivity contribution in [1.29, 1.82) is 0 Å². The number of tetrazole rings is 1. The molecule has 0 aliphatic carbocycles. The summed E-state index contributed by atoms with van der Waals surface area (Å²) in [7, 11) is 0. The highest BCUT2D eigenvalue weighted by atomic mass is 35.5. The molecular formula is C18H17ClN6O3. The van der Waals surface area contributed by atoms with Crippen molar-refractivity contribution in [3.8, 4) is 17.1 Å². The number of ether oxygens (including phenoxy) is 1. The van der Waals surface area contributed by atoms with Crippen LogP contribution >= 0.6 is 11.6 Å². The average Bonchev–Trinajstić information content (AvgIpc) is 3.15. The van der Waals surface area contributed by atoms with E-state index in [4.69, 9.17) is 22.1 Å². The maximum atomic E-state index is 12.0. The van der Waals surface area contributed by atoms with Gasteiger partial charge in [-0.1, -0.05) is 23.7 Å². The lowest BCUT2D eigenvalue weighted by molar-refractivity contribution is -0.122. The second kappa shape index (κ2) is 8.96. The summed E-state index contributed by atoms with van der Waals surface area (Å²) in [6.07, 6.45) is 0. The number of amides is 2. The van der Waals surface area contributed by atoms with Crippen molar-refractivity contribution in [1.82, 2.24) is 25.5 Å². The number of nitrogens with one attached hydrogen (secondary N) is 1. The number of carbonyl (C=O) groups is 2. The van der Waals surface area contributed by atoms with E-state index >= 15 is 0 Å². The summed E-state index contributed by atoms with van der Waals surface area (Å²) >= 11 is 5.80. The molecule has 144 valence electrons. The highest BCUT2D eigenvalue weighted by Gasteiger charge is 2.10. The summed E-state index contributed by atoms with van der Waals surface area (Å²) in [5.41, 5.74) is 6.25. The van der Waals surface area contributed by atoms with Crippen LogP contribution < -0.4 is 15.8 Å². The minimum atomic E-state index is -0.514. The fourth-order valence-corrected chi connectivity index (χ4v) is 2.41. The van der Waals surface area contributed by atoms with Crippen LogP contribution in [0.2, 0.25) is 5.02 Å². The molecule has 0 fully saturated rings. The van der Waals surface area contributed by atoms with E-state index in [9.17, 15) is 9.59 Å². The van der Waals surface area contributed by atoms with E-state index in [0.717, 1.165) is 0 Å². The summed E-state index contributed by atoms with van der Waals surface area (Å²) in [6, 6.07) is 13.4. The van der Waals surface area contributed by atoms with Crippen molar-refractivity contribution >= 4 is 23.4 Å². The molecule has 0 spiro atoms. The number of hydrogen-bond acceptors (Lipinski definition) is 6. The van der Waals surface area contributed by atoms with Crippen LogP contribution in [-0.2, 0) is 11.3 Å². The van der Waals surface area contributed by atoms with Crippen LogP contribution in [0.1, 0.15) is 10.4 Å². The van der Waals surface area contributed by atoms with Gasteiger partial charge in [0.1, 0.15) is 18.9 Å². The fraction of sp³-hybridized carbons (Fsp3) is 0.167. The van der Waals surface area contributed by atoms with Crippen LogP contribution in [0.15, 0.2) is 48.5 Å². The Labute approximate surface area is 165 Å². The number of carbonyl (C=O) groups excluding carboxylic acids is 2. The number of nitrogens with two attached hydrogens (primary N) is 1. The Morgan fingerprint density at radius 3 is 2.50 bits per heavy atom. The van der Waals surface area contributed by atoms with Crippen molar-refractivity contribution in [3.05, 3.63) is 59.1 Å². The number of hydrogen-bond donors (Lipinski definition) is 2. The van der Waals surface area contributed by atoms with Gasteiger partial charge in [-0.05, 0) is 41.6 Å². The van der Waals surface area contributed by atoms with Crippen molar-refractivity contribution in [3.63, 3.8) is 0 Å². The Hall–Kier alpha value is -3.46. The maximum absolute atomic E-state index is 12.0. The first-order valence-electron chi connectivity index (χ1n) is 8.34. The van der Waals surface area contributed by atoms with Gasteiger partial charge in [-0.15, -0.1) is 10.2 Å². The molecule has 1 aromatic heterocycles. The van der Waals surface area contributed by atoms with Gasteiger partial charge < -0.3 is 15.8 Å². The lowest BCUT2D eigenvalue weighted by atomic mass is 10.1. The largest absolute Gasteiger partial charge is 0.492 e. The highest BCUT2D eigenvalue weighted by molar-refractivity contribution is 6.30. The molecule has 3 N–H and O–H groups in total. The molecule has 0 bridgehead atoms. The zero-order valence-corrected chi connectivity index (χ0v) is 15.5. The summed E-state index contributed by atoms with van der Waals surface area (Å²) in [5.74, 6) is 0.228. The van der Waals surface area contributed by atoms with E-state index in [-0.39, 0.29) is 12.5 Å². The van der Waals surface area contributed by atoms with Gasteiger partial charge in [-0.2, -0.15) is 4.80 Å². The monoisotopic (exact) mass is 400 g/mol. The minimum absolute atomic E-state index is 0.0761. The van der Waals surface area contributed by atoms with Gasteiger partial charge in [0, 0.05) is 16.1 Å². The predicted octanol–water partition coefficient (Wildman–Crippen LogP) is 1.29. The second-order valence-electron chi connectivity index (χ2n) is 5.74. The van der Waals surface area contributed by atoms with E-state index in [0.29, 0.717) is 40.9 Å². The van der Waals surface area contributed by atoms with Crippen molar-refractivity contribution in [2.75, 3.05) is 13.2 Å². The summed E-state index contributed by atoms with van der Waals surface area (Å²) < 4.78 is 5.49. The van der Waals surface area contributed by atoms with E-state index in [2.05, 4.69) is 20.7 Å². The summed E-state index contributed by atoms with van der Waals surface area (Å²) in [5, 5.41) is 15.3. The lowest BCUT2D eigenvalue weighted by Crippen LogP contribution is -2.31. The molecule has 3 aromatic rings. The molecule has 0 atom stereocenters. The van der Waals surface area contributed by atoms with Gasteiger partial charge in [-0.3, -0.25) is 9.59 Å². The first-order valence-corrected chi connectivity index (χ1v) is 8.72. The van der Waals surface area contributed by atoms with Gasteiger partial charge >= 0.3 is 0 Å². The van der Waals surface area contributed by atoms with Crippen LogP contribution in [0.5, 0.6) is 5.75 Å². The Morgan fingerprint density at radius 2 is 1.82 bits per heavy atom. The van der Waals surface area contributed by atoms with E-state index < -0.39 is 5.91 Å². The fourth-order valence-electron chi connectivity index (χ4n) is 2.28. The number of benzene rings is 2. The SMILES string of the molecule is NC(=O)c1ccc(-c2nnn(CC(=O)NCCOc3ccc(Cl)cc3)n2)cc1. The molecule has 0 saturated heterocycles. The van der Waals surface area contributed by atoms with Crippen LogP contribution in [-0.4, -0.2) is 45.2 Å². The maximum Gasteiger partial charge on any atom is 0.248 e. The number of halogens is 1. The Bertz CT molecular complexity index is 956. The highest BCUT2D eigenvalue weighted by Crippen LogP contribution is 2.15. The summed E-state index contributed by atoms with van der Waals surface area (Å²) in [6.45, 7) is 0.570. The van der Waals surface area contributed by atoms with E-state index in [1.807, 2.05) is 0 Å².